The smallest absolute Gasteiger partial charge is 0.155 e. The summed E-state index contributed by atoms with van der Waals surface area (Å²) in [6.45, 7) is 8.43. The second kappa shape index (κ2) is 6.78. The van der Waals surface area contributed by atoms with Crippen LogP contribution in [0, 0.1) is 29.1 Å². The molecule has 0 unspecified atom stereocenters. The van der Waals surface area contributed by atoms with Crippen LogP contribution in [0.15, 0.2) is 22.8 Å². The molecule has 1 N–H and O–H groups in total. The highest BCUT2D eigenvalue weighted by Crippen LogP contribution is 2.63. The number of ether oxygens (including phenoxy) is 1. The largest absolute Gasteiger partial charge is 0.370 e. The Labute approximate surface area is 182 Å². The minimum atomic E-state index is 0.0875. The highest BCUT2D eigenvalue weighted by Gasteiger charge is 2.56. The number of hydrogen-bond donors (Lipinski definition) is 1. The maximum absolute atomic E-state index is 12.1. The van der Waals surface area contributed by atoms with Crippen molar-refractivity contribution < 1.29 is 9.53 Å². The van der Waals surface area contributed by atoms with Gasteiger partial charge in [-0.3, -0.25) is 4.79 Å². The third-order valence-corrected chi connectivity index (χ3v) is 10.3. The van der Waals surface area contributed by atoms with Gasteiger partial charge in [0.2, 0.25) is 0 Å². The van der Waals surface area contributed by atoms with E-state index in [0.29, 0.717) is 17.9 Å². The lowest BCUT2D eigenvalue weighted by atomic mass is 9.56. The first-order valence-electron chi connectivity index (χ1n) is 12.7. The Balaban J connectivity index is 1.28. The second-order valence-electron chi connectivity index (χ2n) is 12.1. The number of allylic oxidation sites excluding steroid dienone is 3. The van der Waals surface area contributed by atoms with E-state index in [9.17, 15) is 4.79 Å². The summed E-state index contributed by atoms with van der Waals surface area (Å²) in [6.07, 6.45) is 14.2. The minimum Gasteiger partial charge on any atom is -0.370 e. The number of hydrogen-bond acceptors (Lipinski definition) is 3. The lowest BCUT2D eigenvalue weighted by Gasteiger charge is -2.48. The Morgan fingerprint density at radius 2 is 2.07 bits per heavy atom. The van der Waals surface area contributed by atoms with Crippen molar-refractivity contribution in [3.05, 3.63) is 22.8 Å². The molecule has 2 saturated carbocycles. The minimum absolute atomic E-state index is 0.0875. The number of carbonyl (C=O) groups excluding carboxylic acids is 1. The molecule has 1 spiro atoms. The lowest BCUT2D eigenvalue weighted by Crippen LogP contribution is -2.45. The number of nitrogens with one attached hydrogen (secondary N) is 1. The standard InChI is InChI=1S/C27H39NO2/c1-16-10-25-24(28-15-16)14-27(30-25)9-7-20-21-5-4-18-11-19(29)6-8-26(18,3)23(21)12-22(20)17(2)13-27/h11,16,20-21,23-25,28H,4-10,12-15H2,1-3H3/t16-,20-,21-,23-,24-,25+,26-,27-/m0/s1. The molecule has 0 aromatic heterocycles. The molecule has 3 nitrogen and oxygen atoms in total. The van der Waals surface area contributed by atoms with Crippen LogP contribution in [0.25, 0.3) is 0 Å². The van der Waals surface area contributed by atoms with Gasteiger partial charge in [0.05, 0.1) is 11.7 Å². The molecule has 2 heterocycles. The van der Waals surface area contributed by atoms with Gasteiger partial charge < -0.3 is 10.1 Å². The van der Waals surface area contributed by atoms with Gasteiger partial charge in [-0.15, -0.1) is 0 Å². The molecular weight excluding hydrogens is 370 g/mol. The van der Waals surface area contributed by atoms with E-state index in [1.165, 1.54) is 44.1 Å². The van der Waals surface area contributed by atoms with E-state index in [4.69, 9.17) is 4.74 Å². The summed E-state index contributed by atoms with van der Waals surface area (Å²) in [7, 11) is 0. The quantitative estimate of drug-likeness (QED) is 0.548. The Hall–Kier alpha value is -0.930. The summed E-state index contributed by atoms with van der Waals surface area (Å²) in [5.41, 5.74) is 5.28. The third kappa shape index (κ3) is 2.87. The van der Waals surface area contributed by atoms with Crippen molar-refractivity contribution >= 4 is 5.78 Å². The van der Waals surface area contributed by atoms with E-state index in [1.54, 1.807) is 11.1 Å². The predicted octanol–water partition coefficient (Wildman–Crippen LogP) is 5.35. The van der Waals surface area contributed by atoms with Crippen molar-refractivity contribution in [2.24, 2.45) is 29.1 Å². The fourth-order valence-electron chi connectivity index (χ4n) is 8.75. The first kappa shape index (κ1) is 19.7. The van der Waals surface area contributed by atoms with E-state index < -0.39 is 0 Å². The van der Waals surface area contributed by atoms with Gasteiger partial charge in [0.15, 0.2) is 5.78 Å². The van der Waals surface area contributed by atoms with Crippen LogP contribution in [-0.4, -0.2) is 30.1 Å². The fourth-order valence-corrected chi connectivity index (χ4v) is 8.75. The van der Waals surface area contributed by atoms with Crippen molar-refractivity contribution in [1.82, 2.24) is 5.32 Å². The van der Waals surface area contributed by atoms with E-state index >= 15 is 0 Å². The molecule has 30 heavy (non-hydrogen) atoms. The summed E-state index contributed by atoms with van der Waals surface area (Å²) >= 11 is 0. The van der Waals surface area contributed by atoms with Gasteiger partial charge in [-0.1, -0.05) is 30.6 Å². The molecule has 2 saturated heterocycles. The number of ketones is 1. The highest BCUT2D eigenvalue weighted by atomic mass is 16.5. The fraction of sp³-hybridized carbons (Fsp3) is 0.815. The zero-order valence-corrected chi connectivity index (χ0v) is 19.1. The molecule has 4 aliphatic carbocycles. The summed E-state index contributed by atoms with van der Waals surface area (Å²) in [5, 5.41) is 3.80. The number of piperidine rings is 1. The SMILES string of the molecule is CC1=C2C[C@H]3[C@@H](CCC4=CC(=O)CC[C@@]43C)[C@@H]2CC[C@]2(C1)C[C@@H]1NC[C@@H](C)C[C@H]1O2. The van der Waals surface area contributed by atoms with E-state index in [1.807, 2.05) is 6.08 Å². The van der Waals surface area contributed by atoms with Crippen molar-refractivity contribution in [2.75, 3.05) is 6.54 Å². The van der Waals surface area contributed by atoms with Crippen LogP contribution in [0.2, 0.25) is 0 Å². The van der Waals surface area contributed by atoms with Crippen molar-refractivity contribution in [1.29, 1.82) is 0 Å². The number of carbonyl (C=O) groups is 1. The molecule has 0 radical (unpaired) electrons. The Bertz CT molecular complexity index is 827. The molecule has 0 aromatic rings. The zero-order chi connectivity index (χ0) is 20.7. The average molecular weight is 410 g/mol. The topological polar surface area (TPSA) is 38.3 Å². The summed E-state index contributed by atoms with van der Waals surface area (Å²) in [4.78, 5) is 12.1. The molecule has 3 heteroatoms. The normalized spacial score (nSPS) is 50.5. The molecule has 0 amide bonds. The van der Waals surface area contributed by atoms with Crippen LogP contribution >= 0.6 is 0 Å². The van der Waals surface area contributed by atoms with Crippen LogP contribution in [0.5, 0.6) is 0 Å². The van der Waals surface area contributed by atoms with Gasteiger partial charge in [-0.2, -0.15) is 0 Å². The van der Waals surface area contributed by atoms with Crippen LogP contribution in [0.3, 0.4) is 0 Å². The van der Waals surface area contributed by atoms with Crippen molar-refractivity contribution in [3.8, 4) is 0 Å². The van der Waals surface area contributed by atoms with Crippen LogP contribution in [0.4, 0.5) is 0 Å². The maximum atomic E-state index is 12.1. The zero-order valence-electron chi connectivity index (χ0n) is 19.1. The maximum Gasteiger partial charge on any atom is 0.155 e. The van der Waals surface area contributed by atoms with Crippen molar-refractivity contribution in [3.63, 3.8) is 0 Å². The molecule has 4 fully saturated rings. The monoisotopic (exact) mass is 409 g/mol. The average Bonchev–Trinajstić information content (AvgIpc) is 3.22. The van der Waals surface area contributed by atoms with Crippen LogP contribution in [-0.2, 0) is 9.53 Å². The van der Waals surface area contributed by atoms with Gasteiger partial charge >= 0.3 is 0 Å². The van der Waals surface area contributed by atoms with Gasteiger partial charge in [-0.05, 0) is 106 Å². The third-order valence-electron chi connectivity index (χ3n) is 10.3. The first-order valence-corrected chi connectivity index (χ1v) is 12.7. The Morgan fingerprint density at radius 3 is 2.93 bits per heavy atom. The van der Waals surface area contributed by atoms with Crippen LogP contribution < -0.4 is 5.32 Å². The van der Waals surface area contributed by atoms with E-state index in [2.05, 4.69) is 26.1 Å². The highest BCUT2D eigenvalue weighted by molar-refractivity contribution is 5.91. The lowest BCUT2D eigenvalue weighted by molar-refractivity contribution is -0.116. The first-order chi connectivity index (χ1) is 14.4. The predicted molar refractivity (Wildman–Crippen MR) is 119 cm³/mol. The van der Waals surface area contributed by atoms with Gasteiger partial charge in [-0.25, -0.2) is 0 Å². The summed E-state index contributed by atoms with van der Waals surface area (Å²) in [6, 6.07) is 0.575. The van der Waals surface area contributed by atoms with Crippen molar-refractivity contribution in [2.45, 2.75) is 103 Å². The molecule has 0 aromatic carbocycles. The van der Waals surface area contributed by atoms with E-state index in [-0.39, 0.29) is 11.0 Å². The molecular formula is C27H39NO2. The summed E-state index contributed by atoms with van der Waals surface area (Å²) in [5.74, 6) is 3.45. The van der Waals surface area contributed by atoms with Gasteiger partial charge in [0.25, 0.3) is 0 Å². The molecule has 0 bridgehead atoms. The molecule has 8 atom stereocenters. The van der Waals surface area contributed by atoms with Gasteiger partial charge in [0.1, 0.15) is 0 Å². The molecule has 6 rings (SSSR count). The number of fused-ring (bicyclic) bond motifs is 6. The Morgan fingerprint density at radius 1 is 1.20 bits per heavy atom. The second-order valence-corrected chi connectivity index (χ2v) is 12.1. The Kier molecular flexibility index (Phi) is 4.46. The molecule has 2 aliphatic heterocycles. The molecule has 6 aliphatic rings. The van der Waals surface area contributed by atoms with Gasteiger partial charge in [0, 0.05) is 12.5 Å². The number of rotatable bonds is 0. The van der Waals surface area contributed by atoms with E-state index in [0.717, 1.165) is 55.9 Å². The molecule has 164 valence electrons. The van der Waals surface area contributed by atoms with Crippen LogP contribution in [0.1, 0.15) is 85.0 Å². The summed E-state index contributed by atoms with van der Waals surface area (Å²) < 4.78 is 6.89.